The van der Waals surface area contributed by atoms with Crippen molar-refractivity contribution in [3.05, 3.63) is 57.5 Å². The lowest BCUT2D eigenvalue weighted by Crippen LogP contribution is -2.22. The van der Waals surface area contributed by atoms with Crippen LogP contribution in [0.1, 0.15) is 13.0 Å². The van der Waals surface area contributed by atoms with E-state index in [0.29, 0.717) is 11.4 Å². The van der Waals surface area contributed by atoms with Gasteiger partial charge in [-0.1, -0.05) is 6.07 Å². The van der Waals surface area contributed by atoms with E-state index in [1.165, 1.54) is 23.5 Å². The number of rotatable bonds is 5. The van der Waals surface area contributed by atoms with Crippen LogP contribution in [0.2, 0.25) is 0 Å². The quantitative estimate of drug-likeness (QED) is 0.624. The molecule has 0 aliphatic rings. The Balaban J connectivity index is 2.15. The Hall–Kier alpha value is -1.83. The summed E-state index contributed by atoms with van der Waals surface area (Å²) >= 11 is 3.05. The average molecular weight is 366 g/mol. The van der Waals surface area contributed by atoms with Gasteiger partial charge in [0.2, 0.25) is 0 Å². The average Bonchev–Trinajstić information content (AvgIpc) is 3.19. The van der Waals surface area contributed by atoms with Gasteiger partial charge in [-0.3, -0.25) is 0 Å². The van der Waals surface area contributed by atoms with E-state index in [1.54, 1.807) is 18.4 Å². The number of halogens is 2. The largest absolute Gasteiger partial charge is 0.383 e. The molecule has 0 spiro atoms. The van der Waals surface area contributed by atoms with Crippen LogP contribution in [0, 0.1) is 11.6 Å². The first kappa shape index (κ1) is 17.0. The van der Waals surface area contributed by atoms with Crippen molar-refractivity contribution < 1.29 is 13.5 Å². The van der Waals surface area contributed by atoms with Gasteiger partial charge in [0, 0.05) is 18.6 Å². The molecule has 1 aromatic carbocycles. The second-order valence-electron chi connectivity index (χ2n) is 5.26. The number of thiophene rings is 1. The molecule has 1 unspecified atom stereocenters. The molecule has 0 bridgehead atoms. The van der Waals surface area contributed by atoms with E-state index < -0.39 is 11.6 Å². The zero-order valence-electron chi connectivity index (χ0n) is 13.2. The van der Waals surface area contributed by atoms with Crippen molar-refractivity contribution in [2.45, 2.75) is 13.0 Å². The summed E-state index contributed by atoms with van der Waals surface area (Å²) in [6.45, 7) is 2.53. The molecule has 1 atom stereocenters. The fraction of sp³-hybridized carbons (Fsp3) is 0.235. The molecule has 0 aliphatic heterocycles. The molecule has 0 saturated heterocycles. The molecular formula is C17H16F2N2OS2. The van der Waals surface area contributed by atoms with Crippen molar-refractivity contribution in [1.82, 2.24) is 4.57 Å². The Labute approximate surface area is 146 Å². The number of benzene rings is 1. The summed E-state index contributed by atoms with van der Waals surface area (Å²) in [6.07, 6.45) is 0. The van der Waals surface area contributed by atoms with E-state index in [2.05, 4.69) is 4.99 Å². The summed E-state index contributed by atoms with van der Waals surface area (Å²) in [7, 11) is 1.64. The highest BCUT2D eigenvalue weighted by molar-refractivity contribution is 7.14. The summed E-state index contributed by atoms with van der Waals surface area (Å²) in [5.41, 5.74) is 1.13. The normalized spacial score (nSPS) is 13.4. The van der Waals surface area contributed by atoms with Crippen LogP contribution in [0.25, 0.3) is 10.6 Å². The maximum absolute atomic E-state index is 13.9. The summed E-state index contributed by atoms with van der Waals surface area (Å²) < 4.78 is 34.3. The van der Waals surface area contributed by atoms with Gasteiger partial charge < -0.3 is 9.30 Å². The first-order valence-corrected chi connectivity index (χ1v) is 9.08. The van der Waals surface area contributed by atoms with Gasteiger partial charge in [0.25, 0.3) is 0 Å². The lowest BCUT2D eigenvalue weighted by Gasteiger charge is -2.15. The number of hydrogen-bond acceptors (Lipinski definition) is 4. The highest BCUT2D eigenvalue weighted by Gasteiger charge is 2.15. The minimum Gasteiger partial charge on any atom is -0.383 e. The number of thiazole rings is 1. The Morgan fingerprint density at radius 3 is 2.75 bits per heavy atom. The summed E-state index contributed by atoms with van der Waals surface area (Å²) in [6, 6.07) is 7.44. The third-order valence-corrected chi connectivity index (χ3v) is 5.22. The smallest absolute Gasteiger partial charge is 0.190 e. The highest BCUT2D eigenvalue weighted by atomic mass is 32.1. The van der Waals surface area contributed by atoms with E-state index in [9.17, 15) is 8.78 Å². The third kappa shape index (κ3) is 3.48. The van der Waals surface area contributed by atoms with Crippen LogP contribution in [0.5, 0.6) is 0 Å². The predicted molar refractivity (Wildman–Crippen MR) is 93.8 cm³/mol. The number of nitrogens with zero attached hydrogens (tertiary/aromatic N) is 2. The molecule has 0 saturated carbocycles. The van der Waals surface area contributed by atoms with Crippen molar-refractivity contribution >= 4 is 28.4 Å². The first-order chi connectivity index (χ1) is 11.6. The van der Waals surface area contributed by atoms with Crippen LogP contribution >= 0.6 is 22.7 Å². The minimum absolute atomic E-state index is 0.0283. The Morgan fingerprint density at radius 1 is 1.25 bits per heavy atom. The van der Waals surface area contributed by atoms with Crippen LogP contribution in [0.15, 0.2) is 46.1 Å². The van der Waals surface area contributed by atoms with Gasteiger partial charge in [-0.25, -0.2) is 13.8 Å². The zero-order chi connectivity index (χ0) is 17.1. The summed E-state index contributed by atoms with van der Waals surface area (Å²) in [5.74, 6) is -1.29. The number of ether oxygens (including phenoxy) is 1. The van der Waals surface area contributed by atoms with Crippen LogP contribution in [-0.2, 0) is 4.74 Å². The molecule has 0 fully saturated rings. The summed E-state index contributed by atoms with van der Waals surface area (Å²) in [4.78, 5) is 6.16. The number of aromatic nitrogens is 1. The number of methoxy groups -OCH3 is 1. The SMILES string of the molecule is COCC(C)n1c(-c2cccs2)csc1=Nc1ccc(F)cc1F. The van der Waals surface area contributed by atoms with E-state index >= 15 is 0 Å². The van der Waals surface area contributed by atoms with Crippen molar-refractivity contribution in [3.63, 3.8) is 0 Å². The molecule has 24 heavy (non-hydrogen) atoms. The van der Waals surface area contributed by atoms with Crippen LogP contribution in [-0.4, -0.2) is 18.3 Å². The predicted octanol–water partition coefficient (Wildman–Crippen LogP) is 5.00. The van der Waals surface area contributed by atoms with E-state index in [4.69, 9.17) is 4.74 Å². The van der Waals surface area contributed by atoms with Gasteiger partial charge in [-0.05, 0) is 30.5 Å². The molecule has 2 heterocycles. The maximum Gasteiger partial charge on any atom is 0.190 e. The molecule has 0 radical (unpaired) electrons. The molecule has 3 nitrogen and oxygen atoms in total. The van der Waals surface area contributed by atoms with Crippen molar-refractivity contribution in [3.8, 4) is 10.6 Å². The van der Waals surface area contributed by atoms with Crippen LogP contribution < -0.4 is 4.80 Å². The summed E-state index contributed by atoms with van der Waals surface area (Å²) in [5, 5.41) is 4.01. The van der Waals surface area contributed by atoms with Crippen molar-refractivity contribution in [1.29, 1.82) is 0 Å². The molecule has 7 heteroatoms. The van der Waals surface area contributed by atoms with Gasteiger partial charge in [0.05, 0.1) is 23.2 Å². The van der Waals surface area contributed by atoms with Gasteiger partial charge in [0.1, 0.15) is 11.5 Å². The van der Waals surface area contributed by atoms with Crippen LogP contribution in [0.3, 0.4) is 0 Å². The van der Waals surface area contributed by atoms with Crippen LogP contribution in [0.4, 0.5) is 14.5 Å². The molecule has 3 rings (SSSR count). The molecule has 3 aromatic rings. The second-order valence-corrected chi connectivity index (χ2v) is 7.05. The lowest BCUT2D eigenvalue weighted by molar-refractivity contribution is 0.162. The standard InChI is InChI=1S/C17H16F2N2OS2/c1-11(9-22-2)21-15(16-4-3-7-23-16)10-24-17(21)20-14-6-5-12(18)8-13(14)19/h3-8,10-11H,9H2,1-2H3. The molecule has 0 aliphatic carbocycles. The molecule has 126 valence electrons. The topological polar surface area (TPSA) is 26.5 Å². The molecule has 2 aromatic heterocycles. The van der Waals surface area contributed by atoms with Crippen molar-refractivity contribution in [2.75, 3.05) is 13.7 Å². The maximum atomic E-state index is 13.9. The molecule has 0 amide bonds. The van der Waals surface area contributed by atoms with E-state index in [0.717, 1.165) is 16.6 Å². The van der Waals surface area contributed by atoms with Crippen molar-refractivity contribution in [2.24, 2.45) is 4.99 Å². The minimum atomic E-state index is -0.674. The van der Waals surface area contributed by atoms with Gasteiger partial charge in [0.15, 0.2) is 10.6 Å². The van der Waals surface area contributed by atoms with Gasteiger partial charge in [-0.2, -0.15) is 0 Å². The fourth-order valence-corrected chi connectivity index (χ4v) is 4.24. The molecular weight excluding hydrogens is 350 g/mol. The van der Waals surface area contributed by atoms with E-state index in [1.807, 2.05) is 34.4 Å². The van der Waals surface area contributed by atoms with Gasteiger partial charge >= 0.3 is 0 Å². The van der Waals surface area contributed by atoms with E-state index in [-0.39, 0.29) is 11.7 Å². The zero-order valence-corrected chi connectivity index (χ0v) is 14.8. The monoisotopic (exact) mass is 366 g/mol. The Morgan fingerprint density at radius 2 is 2.08 bits per heavy atom. The lowest BCUT2D eigenvalue weighted by atomic mass is 10.3. The fourth-order valence-electron chi connectivity index (χ4n) is 2.42. The third-order valence-electron chi connectivity index (χ3n) is 3.49. The first-order valence-electron chi connectivity index (χ1n) is 7.32. The number of hydrogen-bond donors (Lipinski definition) is 0. The second kappa shape index (κ2) is 7.38. The Kier molecular flexibility index (Phi) is 5.23. The highest BCUT2D eigenvalue weighted by Crippen LogP contribution is 2.28. The Bertz CT molecular complexity index is 884. The molecule has 0 N–H and O–H groups in total. The van der Waals surface area contributed by atoms with Gasteiger partial charge in [-0.15, -0.1) is 22.7 Å².